The van der Waals surface area contributed by atoms with Crippen molar-refractivity contribution in [3.63, 3.8) is 0 Å². The molecule has 0 aliphatic heterocycles. The van der Waals surface area contributed by atoms with Gasteiger partial charge in [-0.15, -0.1) is 0 Å². The van der Waals surface area contributed by atoms with Crippen LogP contribution in [-0.4, -0.2) is 12.0 Å². The second-order valence-corrected chi connectivity index (χ2v) is 6.32. The van der Waals surface area contributed by atoms with Gasteiger partial charge in [0, 0.05) is 10.7 Å². The third kappa shape index (κ3) is 4.26. The smallest absolute Gasteiger partial charge is 0.265 e. The topological polar surface area (TPSA) is 38.3 Å². The molecule has 0 bridgehead atoms. The van der Waals surface area contributed by atoms with Gasteiger partial charge in [-0.25, -0.2) is 0 Å². The fourth-order valence-electron chi connectivity index (χ4n) is 2.42. The van der Waals surface area contributed by atoms with Gasteiger partial charge in [0.2, 0.25) is 0 Å². The highest BCUT2D eigenvalue weighted by Gasteiger charge is 2.16. The second-order valence-electron chi connectivity index (χ2n) is 5.94. The highest BCUT2D eigenvalue weighted by molar-refractivity contribution is 6.32. The summed E-state index contributed by atoms with van der Waals surface area (Å²) in [5, 5.41) is 3.63. The molecule has 2 rings (SSSR count). The zero-order chi connectivity index (χ0) is 17.1. The Labute approximate surface area is 142 Å². The summed E-state index contributed by atoms with van der Waals surface area (Å²) in [5.41, 5.74) is 4.87. The molecule has 1 N–H and O–H groups in total. The van der Waals surface area contributed by atoms with E-state index in [1.54, 1.807) is 6.92 Å². The summed E-state index contributed by atoms with van der Waals surface area (Å²) >= 11 is 6.15. The number of anilines is 1. The highest BCUT2D eigenvalue weighted by atomic mass is 35.5. The summed E-state index contributed by atoms with van der Waals surface area (Å²) in [4.78, 5) is 12.3. The molecule has 0 heterocycles. The SMILES string of the molecule is Cc1ccc(NC(=O)C(C)Oc2cc(C)c(Cl)c(C)c2)c(C)c1. The van der Waals surface area contributed by atoms with E-state index < -0.39 is 6.10 Å². The Morgan fingerprint density at radius 1 is 1.04 bits per heavy atom. The minimum atomic E-state index is -0.601. The van der Waals surface area contributed by atoms with Crippen molar-refractivity contribution in [2.24, 2.45) is 0 Å². The van der Waals surface area contributed by atoms with Crippen molar-refractivity contribution < 1.29 is 9.53 Å². The minimum Gasteiger partial charge on any atom is -0.481 e. The van der Waals surface area contributed by atoms with Crippen LogP contribution in [0.15, 0.2) is 30.3 Å². The number of benzene rings is 2. The molecule has 3 nitrogen and oxygen atoms in total. The van der Waals surface area contributed by atoms with Crippen LogP contribution < -0.4 is 10.1 Å². The number of amides is 1. The molecule has 1 amide bonds. The van der Waals surface area contributed by atoms with Crippen molar-refractivity contribution >= 4 is 23.2 Å². The van der Waals surface area contributed by atoms with E-state index in [1.807, 2.05) is 58.0 Å². The van der Waals surface area contributed by atoms with E-state index in [9.17, 15) is 4.79 Å². The van der Waals surface area contributed by atoms with Gasteiger partial charge in [0.15, 0.2) is 6.10 Å². The third-order valence-electron chi connectivity index (χ3n) is 3.73. The molecule has 23 heavy (non-hydrogen) atoms. The standard InChI is InChI=1S/C19H22ClNO2/c1-11-6-7-17(12(2)8-11)21-19(22)15(5)23-16-9-13(3)18(20)14(4)10-16/h6-10,15H,1-5H3,(H,21,22). The lowest BCUT2D eigenvalue weighted by Gasteiger charge is -2.17. The van der Waals surface area contributed by atoms with Crippen molar-refractivity contribution in [2.45, 2.75) is 40.7 Å². The average Bonchev–Trinajstić information content (AvgIpc) is 2.47. The molecule has 2 aromatic rings. The van der Waals surface area contributed by atoms with Gasteiger partial charge in [-0.05, 0) is 69.5 Å². The lowest BCUT2D eigenvalue weighted by molar-refractivity contribution is -0.122. The normalized spacial score (nSPS) is 11.9. The lowest BCUT2D eigenvalue weighted by atomic mass is 10.1. The Bertz CT molecular complexity index is 717. The summed E-state index contributed by atoms with van der Waals surface area (Å²) < 4.78 is 5.76. The molecule has 0 saturated heterocycles. The number of rotatable bonds is 4. The van der Waals surface area contributed by atoms with E-state index >= 15 is 0 Å². The van der Waals surface area contributed by atoms with Gasteiger partial charge in [0.25, 0.3) is 5.91 Å². The molecule has 1 unspecified atom stereocenters. The molecule has 4 heteroatoms. The van der Waals surface area contributed by atoms with Crippen LogP contribution in [0.4, 0.5) is 5.69 Å². The largest absolute Gasteiger partial charge is 0.481 e. The van der Waals surface area contributed by atoms with E-state index in [4.69, 9.17) is 16.3 Å². The van der Waals surface area contributed by atoms with Crippen LogP contribution in [0.5, 0.6) is 5.75 Å². The number of halogens is 1. The van der Waals surface area contributed by atoms with Crippen LogP contribution in [0.2, 0.25) is 5.02 Å². The molecule has 0 spiro atoms. The van der Waals surface area contributed by atoms with Crippen molar-refractivity contribution in [3.8, 4) is 5.75 Å². The first-order valence-corrected chi connectivity index (χ1v) is 7.97. The predicted molar refractivity (Wildman–Crippen MR) is 95.6 cm³/mol. The third-order valence-corrected chi connectivity index (χ3v) is 4.33. The first-order chi connectivity index (χ1) is 10.8. The molecular formula is C19H22ClNO2. The number of hydrogen-bond acceptors (Lipinski definition) is 2. The minimum absolute atomic E-state index is 0.179. The highest BCUT2D eigenvalue weighted by Crippen LogP contribution is 2.26. The maximum absolute atomic E-state index is 12.3. The Balaban J connectivity index is 2.08. The summed E-state index contributed by atoms with van der Waals surface area (Å²) in [5.74, 6) is 0.467. The number of ether oxygens (including phenoxy) is 1. The van der Waals surface area contributed by atoms with Crippen LogP contribution >= 0.6 is 11.6 Å². The van der Waals surface area contributed by atoms with Crippen LogP contribution in [0, 0.1) is 27.7 Å². The predicted octanol–water partition coefficient (Wildman–Crippen LogP) is 4.98. The summed E-state index contributed by atoms with van der Waals surface area (Å²) in [6.07, 6.45) is -0.601. The molecule has 0 aliphatic carbocycles. The molecule has 0 saturated carbocycles. The quantitative estimate of drug-likeness (QED) is 0.858. The molecule has 2 aromatic carbocycles. The monoisotopic (exact) mass is 331 g/mol. The van der Waals surface area contributed by atoms with Crippen LogP contribution in [0.1, 0.15) is 29.2 Å². The van der Waals surface area contributed by atoms with Crippen molar-refractivity contribution in [2.75, 3.05) is 5.32 Å². The van der Waals surface area contributed by atoms with E-state index in [-0.39, 0.29) is 5.91 Å². The summed E-state index contributed by atoms with van der Waals surface area (Å²) in [6, 6.07) is 9.60. The molecule has 1 atom stereocenters. The molecule has 0 aliphatic rings. The molecule has 122 valence electrons. The zero-order valence-corrected chi connectivity index (χ0v) is 14.9. The first kappa shape index (κ1) is 17.4. The Morgan fingerprint density at radius 3 is 2.22 bits per heavy atom. The van der Waals surface area contributed by atoms with E-state index in [0.29, 0.717) is 5.75 Å². The van der Waals surface area contributed by atoms with Crippen LogP contribution in [0.25, 0.3) is 0 Å². The fourth-order valence-corrected chi connectivity index (χ4v) is 2.53. The Morgan fingerprint density at radius 2 is 1.65 bits per heavy atom. The Hall–Kier alpha value is -2.00. The number of aryl methyl sites for hydroxylation is 4. The van der Waals surface area contributed by atoms with Gasteiger partial charge >= 0.3 is 0 Å². The maximum atomic E-state index is 12.3. The van der Waals surface area contributed by atoms with Gasteiger partial charge in [-0.1, -0.05) is 29.3 Å². The van der Waals surface area contributed by atoms with Gasteiger partial charge in [0.1, 0.15) is 5.75 Å². The van der Waals surface area contributed by atoms with Crippen LogP contribution in [0.3, 0.4) is 0 Å². The van der Waals surface area contributed by atoms with Crippen LogP contribution in [-0.2, 0) is 4.79 Å². The van der Waals surface area contributed by atoms with Crippen molar-refractivity contribution in [1.29, 1.82) is 0 Å². The summed E-state index contributed by atoms with van der Waals surface area (Å²) in [6.45, 7) is 9.57. The van der Waals surface area contributed by atoms with E-state index in [1.165, 1.54) is 0 Å². The van der Waals surface area contributed by atoms with E-state index in [2.05, 4.69) is 5.32 Å². The number of carbonyl (C=O) groups excluding carboxylic acids is 1. The number of nitrogens with one attached hydrogen (secondary N) is 1. The summed E-state index contributed by atoms with van der Waals surface area (Å²) in [7, 11) is 0. The van der Waals surface area contributed by atoms with Crippen molar-refractivity contribution in [1.82, 2.24) is 0 Å². The maximum Gasteiger partial charge on any atom is 0.265 e. The fraction of sp³-hybridized carbons (Fsp3) is 0.316. The Kier molecular flexibility index (Phi) is 5.32. The number of hydrogen-bond donors (Lipinski definition) is 1. The second kappa shape index (κ2) is 7.05. The molecule has 0 fully saturated rings. The molecular weight excluding hydrogens is 310 g/mol. The van der Waals surface area contributed by atoms with E-state index in [0.717, 1.165) is 33.0 Å². The average molecular weight is 332 g/mol. The zero-order valence-electron chi connectivity index (χ0n) is 14.2. The number of carbonyl (C=O) groups is 1. The van der Waals surface area contributed by atoms with Gasteiger partial charge < -0.3 is 10.1 Å². The van der Waals surface area contributed by atoms with Gasteiger partial charge in [-0.2, -0.15) is 0 Å². The van der Waals surface area contributed by atoms with Gasteiger partial charge in [0.05, 0.1) is 0 Å². The first-order valence-electron chi connectivity index (χ1n) is 7.59. The van der Waals surface area contributed by atoms with Gasteiger partial charge in [-0.3, -0.25) is 4.79 Å². The molecule has 0 aromatic heterocycles. The van der Waals surface area contributed by atoms with Crippen molar-refractivity contribution in [3.05, 3.63) is 57.6 Å². The lowest BCUT2D eigenvalue weighted by Crippen LogP contribution is -2.30. The molecule has 0 radical (unpaired) electrons.